The number of ether oxygens (including phenoxy) is 1. The number of methoxy groups -OCH3 is 1. The van der Waals surface area contributed by atoms with Gasteiger partial charge < -0.3 is 4.74 Å². The molecule has 0 aromatic carbocycles. The normalized spacial score (nSPS) is 24.6. The summed E-state index contributed by atoms with van der Waals surface area (Å²) in [6, 6.07) is 3.33. The molecule has 1 fully saturated rings. The lowest BCUT2D eigenvalue weighted by Gasteiger charge is -2.26. The second-order valence-corrected chi connectivity index (χ2v) is 9.63. The third-order valence-electron chi connectivity index (χ3n) is 2.90. The monoisotopic (exact) mass is 371 g/mol. The van der Waals surface area contributed by atoms with E-state index in [4.69, 9.17) is 4.74 Å². The van der Waals surface area contributed by atoms with Gasteiger partial charge in [0.25, 0.3) is 0 Å². The molecule has 2 heterocycles. The Balaban J connectivity index is 2.05. The fraction of sp³-hybridized carbons (Fsp3) is 0.600. The van der Waals surface area contributed by atoms with Crippen molar-refractivity contribution in [3.05, 3.63) is 15.9 Å². The molecule has 1 aromatic rings. The first-order valence-electron chi connectivity index (χ1n) is 5.35. The Bertz CT molecular complexity index is 508. The van der Waals surface area contributed by atoms with Gasteiger partial charge in [0.2, 0.25) is 10.0 Å². The molecule has 0 aliphatic carbocycles. The summed E-state index contributed by atoms with van der Waals surface area (Å²) in [6.45, 7) is 0.328. The van der Waals surface area contributed by atoms with Crippen LogP contribution < -0.4 is 4.72 Å². The fourth-order valence-electron chi connectivity index (χ4n) is 1.70. The Morgan fingerprint density at radius 2 is 2.33 bits per heavy atom. The van der Waals surface area contributed by atoms with Gasteiger partial charge >= 0.3 is 0 Å². The van der Waals surface area contributed by atoms with E-state index in [1.807, 2.05) is 0 Å². The Kier molecular flexibility index (Phi) is 4.77. The van der Waals surface area contributed by atoms with Gasteiger partial charge in [0.1, 0.15) is 4.21 Å². The van der Waals surface area contributed by atoms with Crippen molar-refractivity contribution in [1.82, 2.24) is 4.72 Å². The second kappa shape index (κ2) is 5.80. The zero-order chi connectivity index (χ0) is 13.2. The number of thioether (sulfide) groups is 1. The molecule has 0 saturated carbocycles. The smallest absolute Gasteiger partial charge is 0.250 e. The molecule has 0 amide bonds. The molecule has 0 radical (unpaired) electrons. The van der Waals surface area contributed by atoms with Crippen molar-refractivity contribution >= 4 is 49.1 Å². The van der Waals surface area contributed by atoms with Crippen LogP contribution in [0.5, 0.6) is 0 Å². The zero-order valence-electron chi connectivity index (χ0n) is 9.81. The first-order chi connectivity index (χ1) is 8.47. The quantitative estimate of drug-likeness (QED) is 0.862. The van der Waals surface area contributed by atoms with E-state index in [0.29, 0.717) is 10.8 Å². The predicted octanol–water partition coefficient (Wildman–Crippen LogP) is 2.31. The van der Waals surface area contributed by atoms with Crippen LogP contribution in [0.3, 0.4) is 0 Å². The molecule has 18 heavy (non-hydrogen) atoms. The number of rotatable bonds is 5. The first kappa shape index (κ1) is 14.8. The summed E-state index contributed by atoms with van der Waals surface area (Å²) in [5, 5.41) is 0. The summed E-state index contributed by atoms with van der Waals surface area (Å²) < 4.78 is 33.4. The second-order valence-electron chi connectivity index (χ2n) is 4.07. The molecular weight excluding hydrogens is 358 g/mol. The van der Waals surface area contributed by atoms with Crippen LogP contribution in [-0.2, 0) is 14.8 Å². The fourth-order valence-corrected chi connectivity index (χ4v) is 6.27. The molecule has 1 saturated heterocycles. The van der Waals surface area contributed by atoms with E-state index < -0.39 is 10.0 Å². The molecule has 1 aliphatic rings. The van der Waals surface area contributed by atoms with Crippen LogP contribution in [0.4, 0.5) is 0 Å². The molecule has 0 bridgehead atoms. The van der Waals surface area contributed by atoms with E-state index in [0.717, 1.165) is 21.7 Å². The lowest BCUT2D eigenvalue weighted by Crippen LogP contribution is -2.44. The summed E-state index contributed by atoms with van der Waals surface area (Å²) in [4.78, 5) is 0. The predicted molar refractivity (Wildman–Crippen MR) is 78.9 cm³/mol. The van der Waals surface area contributed by atoms with Crippen molar-refractivity contribution in [2.24, 2.45) is 0 Å². The maximum atomic E-state index is 12.1. The largest absolute Gasteiger partial charge is 0.376 e. The van der Waals surface area contributed by atoms with Crippen molar-refractivity contribution in [3.8, 4) is 0 Å². The Morgan fingerprint density at radius 1 is 1.56 bits per heavy atom. The van der Waals surface area contributed by atoms with Gasteiger partial charge in [0.15, 0.2) is 0 Å². The first-order valence-corrected chi connectivity index (χ1v) is 9.60. The topological polar surface area (TPSA) is 55.4 Å². The SMILES string of the molecule is CO[C@@]1(CNS(=O)(=O)c2ccc(Br)s2)CCSC1. The minimum absolute atomic E-state index is 0.325. The summed E-state index contributed by atoms with van der Waals surface area (Å²) in [6.07, 6.45) is 0.880. The molecule has 1 N–H and O–H groups in total. The van der Waals surface area contributed by atoms with E-state index in [1.54, 1.807) is 31.0 Å². The van der Waals surface area contributed by atoms with Crippen LogP contribution in [0.25, 0.3) is 0 Å². The molecule has 4 nitrogen and oxygen atoms in total. The van der Waals surface area contributed by atoms with Crippen molar-refractivity contribution in [2.75, 3.05) is 25.2 Å². The minimum Gasteiger partial charge on any atom is -0.376 e. The van der Waals surface area contributed by atoms with Crippen LogP contribution in [0.1, 0.15) is 6.42 Å². The summed E-state index contributed by atoms with van der Waals surface area (Å²) in [5.41, 5.74) is -0.355. The maximum Gasteiger partial charge on any atom is 0.250 e. The van der Waals surface area contributed by atoms with Crippen LogP contribution in [0.2, 0.25) is 0 Å². The van der Waals surface area contributed by atoms with E-state index in [2.05, 4.69) is 20.7 Å². The van der Waals surface area contributed by atoms with Crippen LogP contribution >= 0.6 is 39.0 Å². The molecule has 8 heteroatoms. The molecular formula is C10H14BrNO3S3. The maximum absolute atomic E-state index is 12.1. The number of hydrogen-bond acceptors (Lipinski definition) is 5. The van der Waals surface area contributed by atoms with Gasteiger partial charge in [-0.15, -0.1) is 11.3 Å². The average Bonchev–Trinajstić information content (AvgIpc) is 2.96. The number of halogens is 1. The van der Waals surface area contributed by atoms with Crippen molar-refractivity contribution in [1.29, 1.82) is 0 Å². The number of sulfonamides is 1. The lowest BCUT2D eigenvalue weighted by atomic mass is 10.0. The molecule has 1 atom stereocenters. The molecule has 0 unspecified atom stereocenters. The van der Waals surface area contributed by atoms with Gasteiger partial charge in [-0.1, -0.05) is 0 Å². The summed E-state index contributed by atoms with van der Waals surface area (Å²) >= 11 is 6.26. The molecule has 2 rings (SSSR count). The highest BCUT2D eigenvalue weighted by Gasteiger charge is 2.35. The number of hydrogen-bond donors (Lipinski definition) is 1. The minimum atomic E-state index is -3.43. The highest BCUT2D eigenvalue weighted by Crippen LogP contribution is 2.31. The number of nitrogens with one attached hydrogen (secondary N) is 1. The van der Waals surface area contributed by atoms with Crippen LogP contribution in [0, 0.1) is 0 Å². The zero-order valence-corrected chi connectivity index (χ0v) is 13.8. The van der Waals surface area contributed by atoms with Crippen molar-refractivity contribution in [3.63, 3.8) is 0 Å². The van der Waals surface area contributed by atoms with Gasteiger partial charge in [0.05, 0.1) is 9.39 Å². The average molecular weight is 372 g/mol. The lowest BCUT2D eigenvalue weighted by molar-refractivity contribution is 0.0179. The third kappa shape index (κ3) is 3.29. The standard InChI is InChI=1S/C10H14BrNO3S3/c1-15-10(4-5-16-7-10)6-12-18(13,14)9-3-2-8(11)17-9/h2-3,12H,4-7H2,1H3/t10-/m1/s1. The van der Waals surface area contributed by atoms with E-state index >= 15 is 0 Å². The van der Waals surface area contributed by atoms with Crippen molar-refractivity contribution in [2.45, 2.75) is 16.2 Å². The highest BCUT2D eigenvalue weighted by molar-refractivity contribution is 9.11. The molecule has 1 aliphatic heterocycles. The van der Waals surface area contributed by atoms with Crippen LogP contribution in [0.15, 0.2) is 20.1 Å². The molecule has 102 valence electrons. The van der Waals surface area contributed by atoms with E-state index in [9.17, 15) is 8.42 Å². The van der Waals surface area contributed by atoms with Gasteiger partial charge in [0, 0.05) is 19.4 Å². The Morgan fingerprint density at radius 3 is 2.83 bits per heavy atom. The summed E-state index contributed by atoms with van der Waals surface area (Å²) in [5.74, 6) is 1.85. The van der Waals surface area contributed by atoms with Gasteiger partial charge in [-0.3, -0.25) is 0 Å². The Labute approximate surface area is 124 Å². The Hall–Kier alpha value is 0.400. The van der Waals surface area contributed by atoms with Gasteiger partial charge in [-0.05, 0) is 40.2 Å². The van der Waals surface area contributed by atoms with Crippen LogP contribution in [-0.4, -0.2) is 39.2 Å². The summed E-state index contributed by atoms with van der Waals surface area (Å²) in [7, 11) is -1.79. The van der Waals surface area contributed by atoms with E-state index in [1.165, 1.54) is 11.3 Å². The van der Waals surface area contributed by atoms with Gasteiger partial charge in [-0.2, -0.15) is 11.8 Å². The van der Waals surface area contributed by atoms with Crippen molar-refractivity contribution < 1.29 is 13.2 Å². The highest BCUT2D eigenvalue weighted by atomic mass is 79.9. The molecule has 0 spiro atoms. The number of thiophene rings is 1. The molecule has 1 aromatic heterocycles. The van der Waals surface area contributed by atoms with Gasteiger partial charge in [-0.25, -0.2) is 13.1 Å². The third-order valence-corrected chi connectivity index (χ3v) is 7.64. The van der Waals surface area contributed by atoms with E-state index in [-0.39, 0.29) is 5.60 Å².